The molecule has 7 nitrogen and oxygen atoms in total. The molecule has 2 aromatic heterocycles. The van der Waals surface area contributed by atoms with Gasteiger partial charge in [-0.05, 0) is 31.0 Å². The fourth-order valence-electron chi connectivity index (χ4n) is 4.29. The van der Waals surface area contributed by atoms with Crippen molar-refractivity contribution in [3.05, 3.63) is 56.9 Å². The molecule has 0 saturated carbocycles. The zero-order valence-electron chi connectivity index (χ0n) is 15.4. The fraction of sp³-hybridized carbons (Fsp3) is 0.286. The van der Waals surface area contributed by atoms with Crippen molar-refractivity contribution in [2.24, 2.45) is 0 Å². The SMILES string of the molecule is CC[C@@]1(O)C(=O)OCc2c1cc1n(c2=O)Cc2c-1nc1c(O)cccc1c2C. The molecule has 7 heteroatoms. The molecule has 0 radical (unpaired) electrons. The van der Waals surface area contributed by atoms with Crippen molar-refractivity contribution in [1.29, 1.82) is 0 Å². The van der Waals surface area contributed by atoms with Crippen LogP contribution in [-0.2, 0) is 28.3 Å². The highest BCUT2D eigenvalue weighted by Gasteiger charge is 2.45. The van der Waals surface area contributed by atoms with E-state index in [1.165, 1.54) is 0 Å². The Balaban J connectivity index is 1.85. The number of cyclic esters (lactones) is 1. The third-order valence-corrected chi connectivity index (χ3v) is 5.98. The Labute approximate surface area is 159 Å². The van der Waals surface area contributed by atoms with Crippen LogP contribution in [0, 0.1) is 6.92 Å². The van der Waals surface area contributed by atoms with E-state index < -0.39 is 11.6 Å². The summed E-state index contributed by atoms with van der Waals surface area (Å²) in [4.78, 5) is 30.0. The van der Waals surface area contributed by atoms with Crippen LogP contribution in [0.1, 0.15) is 35.6 Å². The lowest BCUT2D eigenvalue weighted by molar-refractivity contribution is -0.172. The van der Waals surface area contributed by atoms with Crippen LogP contribution < -0.4 is 5.56 Å². The normalized spacial score (nSPS) is 19.9. The Morgan fingerprint density at radius 2 is 2.07 bits per heavy atom. The standard InChI is InChI=1S/C21H18N2O5/c1-3-21(27)14-7-15-17-12(8-23(15)19(25)13(14)9-28-20(21)26)10(2)11-5-4-6-16(24)18(11)22-17/h4-7,24,27H,3,8-9H2,1-2H3/t21-/m0/s1. The van der Waals surface area contributed by atoms with Crippen molar-refractivity contribution in [1.82, 2.24) is 9.55 Å². The van der Waals surface area contributed by atoms with E-state index in [2.05, 4.69) is 4.98 Å². The van der Waals surface area contributed by atoms with Crippen LogP contribution in [-0.4, -0.2) is 25.7 Å². The number of pyridine rings is 2. The quantitative estimate of drug-likeness (QED) is 0.492. The summed E-state index contributed by atoms with van der Waals surface area (Å²) in [7, 11) is 0. The predicted molar refractivity (Wildman–Crippen MR) is 101 cm³/mol. The molecule has 3 aromatic rings. The van der Waals surface area contributed by atoms with Crippen molar-refractivity contribution in [3.8, 4) is 17.1 Å². The van der Waals surface area contributed by atoms with Crippen LogP contribution in [0.15, 0.2) is 29.1 Å². The number of esters is 1. The number of nitrogens with zero attached hydrogens (tertiary/aromatic N) is 2. The Morgan fingerprint density at radius 1 is 1.29 bits per heavy atom. The number of hydrogen-bond donors (Lipinski definition) is 2. The maximum atomic E-state index is 13.1. The number of aromatic hydroxyl groups is 1. The summed E-state index contributed by atoms with van der Waals surface area (Å²) < 4.78 is 6.67. The zero-order chi connectivity index (χ0) is 19.8. The molecule has 2 aliphatic rings. The van der Waals surface area contributed by atoms with Gasteiger partial charge in [0.2, 0.25) is 0 Å². The minimum absolute atomic E-state index is 0.0656. The van der Waals surface area contributed by atoms with Gasteiger partial charge >= 0.3 is 5.97 Å². The van der Waals surface area contributed by atoms with Gasteiger partial charge in [0.15, 0.2) is 5.60 Å². The first-order valence-corrected chi connectivity index (χ1v) is 9.15. The highest BCUT2D eigenvalue weighted by atomic mass is 16.6. The molecule has 2 N–H and O–H groups in total. The van der Waals surface area contributed by atoms with Gasteiger partial charge in [-0.15, -0.1) is 0 Å². The summed E-state index contributed by atoms with van der Waals surface area (Å²) in [5.41, 5.74) is 1.86. The number of hydrogen-bond acceptors (Lipinski definition) is 6. The number of aromatic nitrogens is 2. The summed E-state index contributed by atoms with van der Waals surface area (Å²) in [5.74, 6) is -0.679. The van der Waals surface area contributed by atoms with E-state index in [-0.39, 0.29) is 29.9 Å². The highest BCUT2D eigenvalue weighted by molar-refractivity contribution is 5.92. The van der Waals surface area contributed by atoms with E-state index in [1.807, 2.05) is 13.0 Å². The van der Waals surface area contributed by atoms with Gasteiger partial charge in [-0.1, -0.05) is 19.1 Å². The topological polar surface area (TPSA) is 102 Å². The lowest BCUT2D eigenvalue weighted by atomic mass is 9.86. The van der Waals surface area contributed by atoms with Crippen molar-refractivity contribution in [3.63, 3.8) is 0 Å². The zero-order valence-corrected chi connectivity index (χ0v) is 15.4. The van der Waals surface area contributed by atoms with Crippen LogP contribution in [0.4, 0.5) is 0 Å². The number of benzene rings is 1. The highest BCUT2D eigenvalue weighted by Crippen LogP contribution is 2.40. The first-order chi connectivity index (χ1) is 13.4. The molecule has 0 saturated heterocycles. The minimum Gasteiger partial charge on any atom is -0.506 e. The van der Waals surface area contributed by atoms with E-state index in [1.54, 1.807) is 29.7 Å². The molecular weight excluding hydrogens is 360 g/mol. The van der Waals surface area contributed by atoms with E-state index in [0.29, 0.717) is 29.0 Å². The maximum absolute atomic E-state index is 13.1. The molecule has 5 rings (SSSR count). The molecule has 28 heavy (non-hydrogen) atoms. The lowest BCUT2D eigenvalue weighted by Gasteiger charge is -2.31. The molecule has 0 fully saturated rings. The molecule has 1 aromatic carbocycles. The van der Waals surface area contributed by atoms with Crippen molar-refractivity contribution in [2.45, 2.75) is 39.0 Å². The third-order valence-electron chi connectivity index (χ3n) is 5.98. The number of rotatable bonds is 1. The summed E-state index contributed by atoms with van der Waals surface area (Å²) in [5, 5.41) is 22.0. The summed E-state index contributed by atoms with van der Waals surface area (Å²) in [6.07, 6.45) is 0.0968. The van der Waals surface area contributed by atoms with Gasteiger partial charge in [0, 0.05) is 16.5 Å². The molecule has 0 amide bonds. The van der Waals surface area contributed by atoms with Crippen LogP contribution >= 0.6 is 0 Å². The number of aliphatic hydroxyl groups is 1. The summed E-state index contributed by atoms with van der Waals surface area (Å²) in [6, 6.07) is 6.89. The van der Waals surface area contributed by atoms with Crippen LogP contribution in [0.5, 0.6) is 5.75 Å². The first kappa shape index (κ1) is 16.9. The molecule has 2 aliphatic heterocycles. The number of ether oxygens (including phenoxy) is 1. The van der Waals surface area contributed by atoms with Crippen molar-refractivity contribution < 1.29 is 19.7 Å². The van der Waals surface area contributed by atoms with Crippen LogP contribution in [0.3, 0.4) is 0 Å². The molecular formula is C21H18N2O5. The Bertz CT molecular complexity index is 1260. The maximum Gasteiger partial charge on any atom is 0.343 e. The average Bonchev–Trinajstić information content (AvgIpc) is 3.06. The second kappa shape index (κ2) is 5.42. The molecule has 0 aliphatic carbocycles. The number of fused-ring (bicyclic) bond motifs is 5. The van der Waals surface area contributed by atoms with Gasteiger partial charge in [0.25, 0.3) is 5.56 Å². The molecule has 0 bridgehead atoms. The predicted octanol–water partition coefficient (Wildman–Crippen LogP) is 2.09. The average molecular weight is 378 g/mol. The second-order valence-electron chi connectivity index (χ2n) is 7.34. The third kappa shape index (κ3) is 1.94. The summed E-state index contributed by atoms with van der Waals surface area (Å²) in [6.45, 7) is 3.80. The smallest absolute Gasteiger partial charge is 0.343 e. The lowest BCUT2D eigenvalue weighted by Crippen LogP contribution is -2.44. The fourth-order valence-corrected chi connectivity index (χ4v) is 4.29. The van der Waals surface area contributed by atoms with Crippen LogP contribution in [0.2, 0.25) is 0 Å². The van der Waals surface area contributed by atoms with E-state index >= 15 is 0 Å². The Morgan fingerprint density at radius 3 is 2.82 bits per heavy atom. The van der Waals surface area contributed by atoms with Gasteiger partial charge in [-0.2, -0.15) is 0 Å². The number of phenolic OH excluding ortho intramolecular Hbond substituents is 1. The van der Waals surface area contributed by atoms with Crippen molar-refractivity contribution >= 4 is 16.9 Å². The Kier molecular flexibility index (Phi) is 3.28. The molecule has 1 atom stereocenters. The van der Waals surface area contributed by atoms with E-state index in [4.69, 9.17) is 4.74 Å². The van der Waals surface area contributed by atoms with E-state index in [0.717, 1.165) is 16.5 Å². The van der Waals surface area contributed by atoms with Crippen molar-refractivity contribution in [2.75, 3.05) is 0 Å². The van der Waals surface area contributed by atoms with Gasteiger partial charge < -0.3 is 19.5 Å². The summed E-state index contributed by atoms with van der Waals surface area (Å²) >= 11 is 0. The Hall–Kier alpha value is -3.19. The minimum atomic E-state index is -1.85. The second-order valence-corrected chi connectivity index (χ2v) is 7.34. The first-order valence-electron chi connectivity index (χ1n) is 9.15. The largest absolute Gasteiger partial charge is 0.506 e. The number of carbonyl (C=O) groups is 1. The number of carbonyl (C=O) groups excluding carboxylic acids is 1. The molecule has 4 heterocycles. The monoisotopic (exact) mass is 378 g/mol. The number of para-hydroxylation sites is 1. The van der Waals surface area contributed by atoms with Gasteiger partial charge in [0.05, 0.1) is 23.5 Å². The van der Waals surface area contributed by atoms with E-state index in [9.17, 15) is 19.8 Å². The molecule has 0 spiro atoms. The number of aryl methyl sites for hydroxylation is 1. The van der Waals surface area contributed by atoms with Gasteiger partial charge in [0.1, 0.15) is 17.9 Å². The molecule has 0 unspecified atom stereocenters. The van der Waals surface area contributed by atoms with Gasteiger partial charge in [-0.25, -0.2) is 9.78 Å². The number of phenols is 1. The molecule has 142 valence electrons. The van der Waals surface area contributed by atoms with Crippen LogP contribution in [0.25, 0.3) is 22.3 Å². The van der Waals surface area contributed by atoms with Gasteiger partial charge in [-0.3, -0.25) is 4.79 Å².